The summed E-state index contributed by atoms with van der Waals surface area (Å²) in [6.07, 6.45) is 1.62. The highest BCUT2D eigenvalue weighted by Gasteiger charge is 2.42. The average molecular weight is 456 g/mol. The van der Waals surface area contributed by atoms with Gasteiger partial charge in [-0.3, -0.25) is 9.59 Å². The normalized spacial score (nSPS) is 15.2. The lowest BCUT2D eigenvalue weighted by Gasteiger charge is -2.25. The quantitative estimate of drug-likeness (QED) is 0.544. The van der Waals surface area contributed by atoms with E-state index < -0.39 is 11.9 Å². The molecule has 2 heterocycles. The summed E-state index contributed by atoms with van der Waals surface area (Å²) in [5.41, 5.74) is 1.51. The third-order valence-electron chi connectivity index (χ3n) is 5.45. The van der Waals surface area contributed by atoms with E-state index in [0.717, 1.165) is 5.56 Å². The van der Waals surface area contributed by atoms with E-state index in [1.54, 1.807) is 43.3 Å². The Balaban J connectivity index is 1.93. The number of methoxy groups -OCH3 is 1. The molecule has 1 amide bonds. The molecule has 1 atom stereocenters. The number of fused-ring (bicyclic) bond motifs is 2. The highest BCUT2D eigenvalue weighted by molar-refractivity contribution is 6.32. The first-order valence-electron chi connectivity index (χ1n) is 10.0. The van der Waals surface area contributed by atoms with Crippen molar-refractivity contribution in [3.63, 3.8) is 0 Å². The number of β-amino-alcohol motifs (C(OH)–C–C–N with tert-alkyl or cyclic N) is 1. The number of rotatable bonds is 7. The average Bonchev–Trinajstić information content (AvgIpc) is 3.06. The number of halogens is 1. The molecule has 0 radical (unpaired) electrons. The van der Waals surface area contributed by atoms with Gasteiger partial charge in [0.25, 0.3) is 5.91 Å². The van der Waals surface area contributed by atoms with Gasteiger partial charge in [0.05, 0.1) is 30.7 Å². The molecular formula is C24H22ClNO6. The minimum absolute atomic E-state index is 0.0281. The van der Waals surface area contributed by atoms with Crippen molar-refractivity contribution in [3.05, 3.63) is 80.7 Å². The molecule has 0 saturated heterocycles. The van der Waals surface area contributed by atoms with Crippen LogP contribution in [0.3, 0.4) is 0 Å². The maximum atomic E-state index is 13.5. The number of carbonyl (C=O) groups excluding carboxylic acids is 1. The highest BCUT2D eigenvalue weighted by atomic mass is 35.5. The molecule has 7 nitrogen and oxygen atoms in total. The lowest BCUT2D eigenvalue weighted by molar-refractivity contribution is 0.0691. The van der Waals surface area contributed by atoms with E-state index >= 15 is 0 Å². The zero-order valence-electron chi connectivity index (χ0n) is 17.7. The van der Waals surface area contributed by atoms with Crippen molar-refractivity contribution in [2.24, 2.45) is 0 Å². The molecule has 1 N–H and O–H groups in total. The predicted octanol–water partition coefficient (Wildman–Crippen LogP) is 3.87. The van der Waals surface area contributed by atoms with Gasteiger partial charge in [0.15, 0.2) is 16.9 Å². The van der Waals surface area contributed by atoms with E-state index in [0.29, 0.717) is 39.7 Å². The SMILES string of the molecule is C=CCOc1ccc(C2c3c(oc4cc(C)c(Cl)cc4c3=O)C(=O)N2CCO)cc1OC. The third-order valence-corrected chi connectivity index (χ3v) is 5.86. The largest absolute Gasteiger partial charge is 0.493 e. The van der Waals surface area contributed by atoms with Crippen LogP contribution in [0.1, 0.15) is 33.3 Å². The predicted molar refractivity (Wildman–Crippen MR) is 121 cm³/mol. The summed E-state index contributed by atoms with van der Waals surface area (Å²) < 4.78 is 17.0. The zero-order valence-corrected chi connectivity index (χ0v) is 18.4. The maximum Gasteiger partial charge on any atom is 0.290 e. The molecule has 32 heavy (non-hydrogen) atoms. The Kier molecular flexibility index (Phi) is 5.95. The fourth-order valence-electron chi connectivity index (χ4n) is 3.95. The smallest absolute Gasteiger partial charge is 0.290 e. The van der Waals surface area contributed by atoms with Crippen LogP contribution in [0.5, 0.6) is 11.5 Å². The van der Waals surface area contributed by atoms with Gasteiger partial charge in [-0.05, 0) is 42.3 Å². The Morgan fingerprint density at radius 3 is 2.72 bits per heavy atom. The van der Waals surface area contributed by atoms with Crippen molar-refractivity contribution in [1.29, 1.82) is 0 Å². The number of benzene rings is 2. The second-order valence-corrected chi connectivity index (χ2v) is 7.81. The third kappa shape index (κ3) is 3.53. The molecule has 4 rings (SSSR count). The van der Waals surface area contributed by atoms with Gasteiger partial charge in [-0.25, -0.2) is 0 Å². The fraction of sp³-hybridized carbons (Fsp3) is 0.250. The van der Waals surface area contributed by atoms with Crippen molar-refractivity contribution in [3.8, 4) is 11.5 Å². The fourth-order valence-corrected chi connectivity index (χ4v) is 4.11. The van der Waals surface area contributed by atoms with E-state index in [1.165, 1.54) is 12.0 Å². The van der Waals surface area contributed by atoms with E-state index in [9.17, 15) is 14.7 Å². The summed E-state index contributed by atoms with van der Waals surface area (Å²) in [5, 5.41) is 10.3. The molecule has 2 aromatic carbocycles. The lowest BCUT2D eigenvalue weighted by atomic mass is 9.98. The molecule has 0 saturated carbocycles. The van der Waals surface area contributed by atoms with Gasteiger partial charge in [-0.15, -0.1) is 0 Å². The first-order valence-corrected chi connectivity index (χ1v) is 10.4. The number of aliphatic hydroxyl groups excluding tert-OH is 1. The Labute approximate surface area is 189 Å². The second kappa shape index (κ2) is 8.68. The molecule has 1 aliphatic heterocycles. The second-order valence-electron chi connectivity index (χ2n) is 7.41. The Hall–Kier alpha value is -3.29. The number of aryl methyl sites for hydroxylation is 1. The summed E-state index contributed by atoms with van der Waals surface area (Å²) in [7, 11) is 1.51. The monoisotopic (exact) mass is 455 g/mol. The van der Waals surface area contributed by atoms with Gasteiger partial charge in [-0.2, -0.15) is 0 Å². The van der Waals surface area contributed by atoms with E-state index in [1.807, 2.05) is 0 Å². The van der Waals surface area contributed by atoms with Crippen LogP contribution in [0, 0.1) is 6.92 Å². The number of ether oxygens (including phenoxy) is 2. The number of carbonyl (C=O) groups is 1. The van der Waals surface area contributed by atoms with Crippen LogP contribution in [-0.2, 0) is 0 Å². The first kappa shape index (κ1) is 21.9. The van der Waals surface area contributed by atoms with Crippen molar-refractivity contribution in [2.45, 2.75) is 13.0 Å². The molecule has 166 valence electrons. The molecule has 0 spiro atoms. The van der Waals surface area contributed by atoms with Gasteiger partial charge in [0.1, 0.15) is 12.2 Å². The minimum atomic E-state index is -0.757. The molecule has 1 unspecified atom stereocenters. The van der Waals surface area contributed by atoms with Gasteiger partial charge < -0.3 is 23.9 Å². The molecule has 0 fully saturated rings. The van der Waals surface area contributed by atoms with E-state index in [2.05, 4.69) is 6.58 Å². The molecule has 8 heteroatoms. The number of hydrogen-bond donors (Lipinski definition) is 1. The van der Waals surface area contributed by atoms with Crippen LogP contribution in [-0.4, -0.2) is 42.8 Å². The van der Waals surface area contributed by atoms with Crippen molar-refractivity contribution < 1.29 is 23.8 Å². The van der Waals surface area contributed by atoms with Crippen molar-refractivity contribution >= 4 is 28.5 Å². The molecule has 0 aliphatic carbocycles. The van der Waals surface area contributed by atoms with Crippen LogP contribution in [0.2, 0.25) is 5.02 Å². The summed E-state index contributed by atoms with van der Waals surface area (Å²) in [4.78, 5) is 28.1. The summed E-state index contributed by atoms with van der Waals surface area (Å²) >= 11 is 6.24. The number of nitrogens with zero attached hydrogens (tertiary/aromatic N) is 1. The summed E-state index contributed by atoms with van der Waals surface area (Å²) in [6.45, 7) is 5.48. The summed E-state index contributed by atoms with van der Waals surface area (Å²) in [5.74, 6) is 0.450. The van der Waals surface area contributed by atoms with Crippen molar-refractivity contribution in [2.75, 3.05) is 26.9 Å². The van der Waals surface area contributed by atoms with Gasteiger partial charge in [0, 0.05) is 11.6 Å². The number of aliphatic hydroxyl groups is 1. The zero-order chi connectivity index (χ0) is 23.0. The van der Waals surface area contributed by atoms with E-state index in [4.69, 9.17) is 25.5 Å². The van der Waals surface area contributed by atoms with Gasteiger partial charge in [0.2, 0.25) is 5.76 Å². The Morgan fingerprint density at radius 1 is 1.25 bits per heavy atom. The molecule has 3 aromatic rings. The lowest BCUT2D eigenvalue weighted by Crippen LogP contribution is -2.32. The number of amides is 1. The Morgan fingerprint density at radius 2 is 2.03 bits per heavy atom. The molecular weight excluding hydrogens is 434 g/mol. The molecule has 1 aliphatic rings. The van der Waals surface area contributed by atoms with Crippen LogP contribution < -0.4 is 14.9 Å². The maximum absolute atomic E-state index is 13.5. The van der Waals surface area contributed by atoms with E-state index in [-0.39, 0.29) is 29.9 Å². The van der Waals surface area contributed by atoms with Crippen LogP contribution in [0.4, 0.5) is 0 Å². The van der Waals surface area contributed by atoms with Gasteiger partial charge >= 0.3 is 0 Å². The first-order chi connectivity index (χ1) is 15.4. The summed E-state index contributed by atoms with van der Waals surface area (Å²) in [6, 6.07) is 7.62. The van der Waals surface area contributed by atoms with Crippen LogP contribution in [0.25, 0.3) is 11.0 Å². The van der Waals surface area contributed by atoms with Crippen molar-refractivity contribution in [1.82, 2.24) is 4.90 Å². The van der Waals surface area contributed by atoms with Gasteiger partial charge in [-0.1, -0.05) is 30.3 Å². The standard InChI is InChI=1S/C24H22ClNO6/c1-4-9-31-17-6-5-14(11-19(17)30-3)21-20-22(28)15-12-16(25)13(2)10-18(15)32-23(20)24(29)26(21)7-8-27/h4-6,10-12,21,27H,1,7-9H2,2-3H3. The molecule has 1 aromatic heterocycles. The topological polar surface area (TPSA) is 89.2 Å². The van der Waals surface area contributed by atoms with Crippen LogP contribution >= 0.6 is 11.6 Å². The van der Waals surface area contributed by atoms with Crippen LogP contribution in [0.15, 0.2) is 52.2 Å². The Bertz CT molecular complexity index is 1280. The molecule has 0 bridgehead atoms. The highest BCUT2D eigenvalue weighted by Crippen LogP contribution is 2.41. The number of hydrogen-bond acceptors (Lipinski definition) is 6. The minimum Gasteiger partial charge on any atom is -0.493 e.